The fraction of sp³-hybridized carbons (Fsp3) is 0.400. The smallest absolute Gasteiger partial charge is 0.159 e. The van der Waals surface area contributed by atoms with Gasteiger partial charge in [-0.05, 0) is 38.5 Å². The number of nitrogens with one attached hydrogen (secondary N) is 1. The molecule has 1 aromatic heterocycles. The number of hydrogen-bond donors (Lipinski definition) is 1. The number of aryl methyl sites for hydroxylation is 2. The molecule has 5 heteroatoms. The van der Waals surface area contributed by atoms with Crippen molar-refractivity contribution in [3.63, 3.8) is 0 Å². The average molecular weight is 279 g/mol. The van der Waals surface area contributed by atoms with Crippen molar-refractivity contribution in [2.24, 2.45) is 7.05 Å². The van der Waals surface area contributed by atoms with Gasteiger partial charge in [0.05, 0.1) is 5.69 Å². The van der Waals surface area contributed by atoms with Crippen molar-refractivity contribution < 1.29 is 8.78 Å². The first-order valence-electron chi connectivity index (χ1n) is 6.57. The SMILES string of the molecule is Cc1nn(C)c(C)c1CNC(C)c1ccc(F)c(F)c1. The first-order chi connectivity index (χ1) is 9.40. The van der Waals surface area contributed by atoms with Crippen molar-refractivity contribution >= 4 is 0 Å². The van der Waals surface area contributed by atoms with Crippen LogP contribution in [0, 0.1) is 25.5 Å². The zero-order chi connectivity index (χ0) is 14.9. The highest BCUT2D eigenvalue weighted by Gasteiger charge is 2.12. The van der Waals surface area contributed by atoms with Gasteiger partial charge >= 0.3 is 0 Å². The maximum Gasteiger partial charge on any atom is 0.159 e. The van der Waals surface area contributed by atoms with Crippen LogP contribution in [-0.2, 0) is 13.6 Å². The Kier molecular flexibility index (Phi) is 4.18. The third-order valence-corrected chi connectivity index (χ3v) is 3.69. The Morgan fingerprint density at radius 2 is 1.95 bits per heavy atom. The Hall–Kier alpha value is -1.75. The van der Waals surface area contributed by atoms with Crippen molar-refractivity contribution in [1.82, 2.24) is 15.1 Å². The summed E-state index contributed by atoms with van der Waals surface area (Å²) in [4.78, 5) is 0. The molecule has 0 aliphatic heterocycles. The highest BCUT2D eigenvalue weighted by molar-refractivity contribution is 5.25. The third kappa shape index (κ3) is 2.88. The van der Waals surface area contributed by atoms with Crippen LogP contribution in [0.4, 0.5) is 8.78 Å². The quantitative estimate of drug-likeness (QED) is 0.931. The van der Waals surface area contributed by atoms with E-state index in [2.05, 4.69) is 10.4 Å². The summed E-state index contributed by atoms with van der Waals surface area (Å²) in [5.74, 6) is -1.63. The summed E-state index contributed by atoms with van der Waals surface area (Å²) in [6.45, 7) is 6.55. The van der Waals surface area contributed by atoms with E-state index < -0.39 is 11.6 Å². The largest absolute Gasteiger partial charge is 0.306 e. The van der Waals surface area contributed by atoms with Gasteiger partial charge in [0.15, 0.2) is 11.6 Å². The molecule has 0 spiro atoms. The minimum absolute atomic E-state index is 0.0656. The van der Waals surface area contributed by atoms with Gasteiger partial charge < -0.3 is 5.32 Å². The van der Waals surface area contributed by atoms with E-state index in [1.54, 1.807) is 6.07 Å². The van der Waals surface area contributed by atoms with E-state index >= 15 is 0 Å². The molecule has 0 aliphatic carbocycles. The van der Waals surface area contributed by atoms with E-state index in [0.717, 1.165) is 28.6 Å². The average Bonchev–Trinajstić information content (AvgIpc) is 2.64. The van der Waals surface area contributed by atoms with Crippen LogP contribution >= 0.6 is 0 Å². The minimum Gasteiger partial charge on any atom is -0.306 e. The monoisotopic (exact) mass is 279 g/mol. The summed E-state index contributed by atoms with van der Waals surface area (Å²) in [7, 11) is 1.91. The normalized spacial score (nSPS) is 12.7. The number of rotatable bonds is 4. The Morgan fingerprint density at radius 3 is 2.50 bits per heavy atom. The first kappa shape index (κ1) is 14.7. The fourth-order valence-corrected chi connectivity index (χ4v) is 2.23. The minimum atomic E-state index is -0.820. The van der Waals surface area contributed by atoms with Crippen LogP contribution < -0.4 is 5.32 Å². The van der Waals surface area contributed by atoms with Gasteiger partial charge in [-0.15, -0.1) is 0 Å². The molecule has 1 unspecified atom stereocenters. The second kappa shape index (κ2) is 5.71. The molecule has 0 radical (unpaired) electrons. The zero-order valence-corrected chi connectivity index (χ0v) is 12.2. The summed E-state index contributed by atoms with van der Waals surface area (Å²) in [6, 6.07) is 3.92. The Morgan fingerprint density at radius 1 is 1.25 bits per heavy atom. The van der Waals surface area contributed by atoms with E-state index in [1.807, 2.05) is 32.5 Å². The van der Waals surface area contributed by atoms with Crippen LogP contribution in [-0.4, -0.2) is 9.78 Å². The Labute approximate surface area is 117 Å². The number of aromatic nitrogens is 2. The summed E-state index contributed by atoms with van der Waals surface area (Å²) in [5, 5.41) is 7.67. The molecule has 1 heterocycles. The molecule has 3 nitrogen and oxygen atoms in total. The second-order valence-corrected chi connectivity index (χ2v) is 5.05. The van der Waals surface area contributed by atoms with E-state index in [-0.39, 0.29) is 6.04 Å². The van der Waals surface area contributed by atoms with Crippen LogP contribution in [0.2, 0.25) is 0 Å². The van der Waals surface area contributed by atoms with E-state index in [9.17, 15) is 8.78 Å². The lowest BCUT2D eigenvalue weighted by atomic mass is 10.1. The van der Waals surface area contributed by atoms with Gasteiger partial charge in [-0.1, -0.05) is 6.07 Å². The molecule has 108 valence electrons. The molecule has 2 aromatic rings. The van der Waals surface area contributed by atoms with Gasteiger partial charge in [0.2, 0.25) is 0 Å². The number of halogens is 2. The van der Waals surface area contributed by atoms with Crippen molar-refractivity contribution in [2.75, 3.05) is 0 Å². The third-order valence-electron chi connectivity index (χ3n) is 3.69. The van der Waals surface area contributed by atoms with Gasteiger partial charge in [0.1, 0.15) is 0 Å². The van der Waals surface area contributed by atoms with E-state index in [4.69, 9.17) is 0 Å². The van der Waals surface area contributed by atoms with Gasteiger partial charge in [-0.3, -0.25) is 4.68 Å². The maximum atomic E-state index is 13.2. The van der Waals surface area contributed by atoms with Crippen molar-refractivity contribution in [3.8, 4) is 0 Å². The standard InChI is InChI=1S/C15H19F2N3/c1-9(12-5-6-14(16)15(17)7-12)18-8-13-10(2)19-20(4)11(13)3/h5-7,9,18H,8H2,1-4H3. The molecule has 0 amide bonds. The number of hydrogen-bond acceptors (Lipinski definition) is 2. The van der Waals surface area contributed by atoms with Crippen LogP contribution in [0.1, 0.15) is 35.5 Å². The van der Waals surface area contributed by atoms with Gasteiger partial charge in [-0.25, -0.2) is 8.78 Å². The molecular formula is C15H19F2N3. The Bertz CT molecular complexity index is 620. The molecule has 1 aromatic carbocycles. The topological polar surface area (TPSA) is 29.9 Å². The zero-order valence-electron chi connectivity index (χ0n) is 12.2. The molecule has 0 bridgehead atoms. The predicted octanol–water partition coefficient (Wildman–Crippen LogP) is 3.17. The molecular weight excluding hydrogens is 260 g/mol. The molecule has 0 saturated heterocycles. The second-order valence-electron chi connectivity index (χ2n) is 5.05. The van der Waals surface area contributed by atoms with Gasteiger partial charge in [-0.2, -0.15) is 5.10 Å². The maximum absolute atomic E-state index is 13.2. The van der Waals surface area contributed by atoms with E-state index in [0.29, 0.717) is 6.54 Å². The Balaban J connectivity index is 2.08. The van der Waals surface area contributed by atoms with E-state index in [1.165, 1.54) is 6.07 Å². The van der Waals surface area contributed by atoms with Gasteiger partial charge in [0.25, 0.3) is 0 Å². The number of nitrogens with zero attached hydrogens (tertiary/aromatic N) is 2. The molecule has 1 atom stereocenters. The van der Waals surface area contributed by atoms with Crippen molar-refractivity contribution in [1.29, 1.82) is 0 Å². The van der Waals surface area contributed by atoms with Crippen molar-refractivity contribution in [3.05, 3.63) is 52.3 Å². The molecule has 0 aliphatic rings. The lowest BCUT2D eigenvalue weighted by molar-refractivity contribution is 0.500. The van der Waals surface area contributed by atoms with Gasteiger partial charge in [0, 0.05) is 30.9 Å². The van der Waals surface area contributed by atoms with Crippen LogP contribution in [0.25, 0.3) is 0 Å². The molecule has 20 heavy (non-hydrogen) atoms. The predicted molar refractivity (Wildman–Crippen MR) is 74.3 cm³/mol. The summed E-state index contributed by atoms with van der Waals surface area (Å²) < 4.78 is 28.0. The summed E-state index contributed by atoms with van der Waals surface area (Å²) in [5.41, 5.74) is 3.95. The lowest BCUT2D eigenvalue weighted by Crippen LogP contribution is -2.19. The first-order valence-corrected chi connectivity index (χ1v) is 6.57. The van der Waals surface area contributed by atoms with Crippen molar-refractivity contribution in [2.45, 2.75) is 33.4 Å². The molecule has 2 rings (SSSR count). The number of benzene rings is 1. The highest BCUT2D eigenvalue weighted by atomic mass is 19.2. The van der Waals surface area contributed by atoms with Crippen LogP contribution in [0.15, 0.2) is 18.2 Å². The highest BCUT2D eigenvalue weighted by Crippen LogP contribution is 2.18. The van der Waals surface area contributed by atoms with Crippen LogP contribution in [0.3, 0.4) is 0 Å². The van der Waals surface area contributed by atoms with Crippen LogP contribution in [0.5, 0.6) is 0 Å². The summed E-state index contributed by atoms with van der Waals surface area (Å²) >= 11 is 0. The molecule has 0 fully saturated rings. The molecule has 0 saturated carbocycles. The lowest BCUT2D eigenvalue weighted by Gasteiger charge is -2.14. The fourth-order valence-electron chi connectivity index (χ4n) is 2.23. The summed E-state index contributed by atoms with van der Waals surface area (Å²) in [6.07, 6.45) is 0. The molecule has 1 N–H and O–H groups in total.